The smallest absolute Gasteiger partial charge is 0.203 e. The molecule has 0 saturated carbocycles. The van der Waals surface area contributed by atoms with Crippen LogP contribution in [0.3, 0.4) is 0 Å². The van der Waals surface area contributed by atoms with Crippen molar-refractivity contribution in [2.75, 3.05) is 7.11 Å². The number of ether oxygens (including phenoxy) is 1. The molecular formula is C31H27NO3S. The highest BCUT2D eigenvalue weighted by atomic mass is 32.2. The minimum Gasteiger partial charge on any atom is -0.497 e. The maximum absolute atomic E-state index is 13.6. The highest BCUT2D eigenvalue weighted by Gasteiger charge is 2.33. The van der Waals surface area contributed by atoms with E-state index < -0.39 is 15.2 Å². The summed E-state index contributed by atoms with van der Waals surface area (Å²) in [5, 5.41) is 2.28. The van der Waals surface area contributed by atoms with E-state index in [1.807, 2.05) is 67.6 Å². The standard InChI is InChI=1S/C31H27NO3S/c1-22-13-16-27(17-14-22)36(33,34)31-28-18-15-26(35-2)20-30(28)25(21-32-31)19-29(23-9-5-3-6-10-23)24-11-7-4-8-12-24/h3-21,31-32H,1-2H3. The van der Waals surface area contributed by atoms with Gasteiger partial charge in [-0.05, 0) is 70.7 Å². The van der Waals surface area contributed by atoms with Gasteiger partial charge < -0.3 is 10.1 Å². The molecule has 4 nitrogen and oxygen atoms in total. The molecule has 180 valence electrons. The maximum atomic E-state index is 13.6. The molecule has 1 aliphatic rings. The highest BCUT2D eigenvalue weighted by Crippen LogP contribution is 2.39. The number of aryl methyl sites for hydroxylation is 1. The largest absolute Gasteiger partial charge is 0.497 e. The number of hydrogen-bond donors (Lipinski definition) is 1. The lowest BCUT2D eigenvalue weighted by Crippen LogP contribution is -2.29. The number of allylic oxidation sites excluding steroid dienone is 2. The summed E-state index contributed by atoms with van der Waals surface area (Å²) >= 11 is 0. The number of methoxy groups -OCH3 is 1. The van der Waals surface area contributed by atoms with Gasteiger partial charge in [-0.25, -0.2) is 8.42 Å². The Labute approximate surface area is 212 Å². The minimum absolute atomic E-state index is 0.286. The van der Waals surface area contributed by atoms with Crippen LogP contribution in [0, 0.1) is 6.92 Å². The molecule has 5 heteroatoms. The fourth-order valence-electron chi connectivity index (χ4n) is 4.44. The monoisotopic (exact) mass is 493 g/mol. The molecule has 0 bridgehead atoms. The summed E-state index contributed by atoms with van der Waals surface area (Å²) in [6.45, 7) is 1.94. The number of fused-ring (bicyclic) bond motifs is 1. The van der Waals surface area contributed by atoms with Crippen molar-refractivity contribution in [1.82, 2.24) is 5.32 Å². The van der Waals surface area contributed by atoms with Gasteiger partial charge >= 0.3 is 0 Å². The van der Waals surface area contributed by atoms with E-state index in [-0.39, 0.29) is 4.90 Å². The summed E-state index contributed by atoms with van der Waals surface area (Å²) in [7, 11) is -2.07. The van der Waals surface area contributed by atoms with Gasteiger partial charge in [0.05, 0.1) is 12.0 Å². The van der Waals surface area contributed by atoms with E-state index in [0.717, 1.165) is 33.4 Å². The van der Waals surface area contributed by atoms with Gasteiger partial charge in [-0.3, -0.25) is 0 Å². The van der Waals surface area contributed by atoms with Crippen LogP contribution in [0.15, 0.2) is 120 Å². The lowest BCUT2D eigenvalue weighted by Gasteiger charge is -2.27. The first kappa shape index (κ1) is 23.6. The van der Waals surface area contributed by atoms with Crippen molar-refractivity contribution in [3.8, 4) is 5.75 Å². The van der Waals surface area contributed by atoms with E-state index in [2.05, 4.69) is 35.7 Å². The Hall–Kier alpha value is -4.09. The quantitative estimate of drug-likeness (QED) is 0.331. The van der Waals surface area contributed by atoms with E-state index in [9.17, 15) is 8.42 Å². The third-order valence-electron chi connectivity index (χ3n) is 6.37. The van der Waals surface area contributed by atoms with Gasteiger partial charge in [0.1, 0.15) is 5.75 Å². The molecule has 0 fully saturated rings. The number of rotatable bonds is 6. The summed E-state index contributed by atoms with van der Waals surface area (Å²) in [5.41, 5.74) is 6.58. The molecule has 0 radical (unpaired) electrons. The van der Waals surface area contributed by atoms with Crippen molar-refractivity contribution in [3.63, 3.8) is 0 Å². The Bertz CT molecular complexity index is 1500. The zero-order chi connectivity index (χ0) is 25.1. The Morgan fingerprint density at radius 1 is 0.833 bits per heavy atom. The molecule has 1 atom stereocenters. The molecule has 0 saturated heterocycles. The van der Waals surface area contributed by atoms with Crippen molar-refractivity contribution in [3.05, 3.63) is 143 Å². The van der Waals surface area contributed by atoms with Gasteiger partial charge in [-0.2, -0.15) is 0 Å². The molecule has 4 aromatic rings. The van der Waals surface area contributed by atoms with Crippen molar-refractivity contribution in [1.29, 1.82) is 0 Å². The van der Waals surface area contributed by atoms with Crippen LogP contribution in [0.5, 0.6) is 5.75 Å². The summed E-state index contributed by atoms with van der Waals surface area (Å²) in [6, 6.07) is 32.9. The lowest BCUT2D eigenvalue weighted by atomic mass is 9.91. The topological polar surface area (TPSA) is 55.4 Å². The Morgan fingerprint density at radius 2 is 1.44 bits per heavy atom. The van der Waals surface area contributed by atoms with Gasteiger partial charge in [0.25, 0.3) is 0 Å². The summed E-state index contributed by atoms with van der Waals surface area (Å²) in [5.74, 6) is 0.669. The first-order valence-electron chi connectivity index (χ1n) is 11.7. The molecular weight excluding hydrogens is 466 g/mol. The number of sulfone groups is 1. The van der Waals surface area contributed by atoms with Crippen LogP contribution in [0.2, 0.25) is 0 Å². The Morgan fingerprint density at radius 3 is 2.03 bits per heavy atom. The van der Waals surface area contributed by atoms with Crippen LogP contribution >= 0.6 is 0 Å². The fourth-order valence-corrected chi connectivity index (χ4v) is 6.01. The van der Waals surface area contributed by atoms with Crippen LogP contribution in [-0.2, 0) is 9.84 Å². The molecule has 4 aromatic carbocycles. The fraction of sp³-hybridized carbons (Fsp3) is 0.0968. The van der Waals surface area contributed by atoms with E-state index in [4.69, 9.17) is 4.74 Å². The summed E-state index contributed by atoms with van der Waals surface area (Å²) in [6.07, 6.45) is 3.90. The normalized spacial score (nSPS) is 14.7. The van der Waals surface area contributed by atoms with E-state index >= 15 is 0 Å². The van der Waals surface area contributed by atoms with Crippen LogP contribution in [0.4, 0.5) is 0 Å². The summed E-state index contributed by atoms with van der Waals surface area (Å²) < 4.78 is 32.8. The van der Waals surface area contributed by atoms with Crippen LogP contribution in [-0.4, -0.2) is 15.5 Å². The molecule has 0 amide bonds. The Kier molecular flexibility index (Phi) is 6.49. The van der Waals surface area contributed by atoms with Crippen molar-refractivity contribution in [2.45, 2.75) is 17.2 Å². The third kappa shape index (κ3) is 4.58. The second-order valence-electron chi connectivity index (χ2n) is 8.75. The van der Waals surface area contributed by atoms with Gasteiger partial charge in [-0.1, -0.05) is 84.4 Å². The predicted molar refractivity (Wildman–Crippen MR) is 145 cm³/mol. The molecule has 0 spiro atoms. The average molecular weight is 494 g/mol. The molecule has 0 aliphatic carbocycles. The average Bonchev–Trinajstić information content (AvgIpc) is 2.92. The molecule has 1 unspecified atom stereocenters. The SMILES string of the molecule is COc1ccc2c(c1)C(C=C(c1ccccc1)c1ccccc1)=CNC2S(=O)(=O)c1ccc(C)cc1. The maximum Gasteiger partial charge on any atom is 0.203 e. The van der Waals surface area contributed by atoms with Gasteiger partial charge in [0.15, 0.2) is 5.37 Å². The van der Waals surface area contributed by atoms with E-state index in [1.165, 1.54) is 0 Å². The van der Waals surface area contributed by atoms with Gasteiger partial charge in [0, 0.05) is 6.20 Å². The zero-order valence-electron chi connectivity index (χ0n) is 20.2. The molecule has 0 aromatic heterocycles. The van der Waals surface area contributed by atoms with Crippen LogP contribution in [0.1, 0.15) is 33.2 Å². The summed E-state index contributed by atoms with van der Waals surface area (Å²) in [4.78, 5) is 0.286. The van der Waals surface area contributed by atoms with Gasteiger partial charge in [0.2, 0.25) is 9.84 Å². The van der Waals surface area contributed by atoms with E-state index in [0.29, 0.717) is 11.3 Å². The lowest BCUT2D eigenvalue weighted by molar-refractivity contribution is 0.414. The number of nitrogens with one attached hydrogen (secondary N) is 1. The third-order valence-corrected chi connectivity index (χ3v) is 8.31. The van der Waals surface area contributed by atoms with Crippen LogP contribution in [0.25, 0.3) is 11.1 Å². The first-order valence-corrected chi connectivity index (χ1v) is 13.3. The minimum atomic E-state index is -3.69. The van der Waals surface area contributed by atoms with Crippen molar-refractivity contribution in [2.24, 2.45) is 0 Å². The molecule has 1 N–H and O–H groups in total. The molecule has 1 heterocycles. The first-order chi connectivity index (χ1) is 17.5. The molecule has 5 rings (SSSR count). The highest BCUT2D eigenvalue weighted by molar-refractivity contribution is 7.91. The van der Waals surface area contributed by atoms with E-state index in [1.54, 1.807) is 31.5 Å². The number of benzene rings is 4. The van der Waals surface area contributed by atoms with Crippen LogP contribution < -0.4 is 10.1 Å². The predicted octanol–water partition coefficient (Wildman–Crippen LogP) is 6.55. The van der Waals surface area contributed by atoms with Crippen molar-refractivity contribution < 1.29 is 13.2 Å². The second kappa shape index (κ2) is 9.88. The van der Waals surface area contributed by atoms with Gasteiger partial charge in [-0.15, -0.1) is 0 Å². The molecule has 1 aliphatic heterocycles. The zero-order valence-corrected chi connectivity index (χ0v) is 21.0. The number of hydrogen-bond acceptors (Lipinski definition) is 4. The second-order valence-corrected chi connectivity index (χ2v) is 10.8. The Balaban J connectivity index is 1.65. The van der Waals surface area contributed by atoms with Crippen molar-refractivity contribution >= 4 is 21.0 Å². The molecule has 36 heavy (non-hydrogen) atoms.